The summed E-state index contributed by atoms with van der Waals surface area (Å²) in [7, 11) is 0. The van der Waals surface area contributed by atoms with E-state index >= 15 is 0 Å². The number of allylic oxidation sites excluding steroid dienone is 4. The van der Waals surface area contributed by atoms with E-state index in [1.807, 2.05) is 6.92 Å². The molecule has 0 aliphatic carbocycles. The Bertz CT molecular complexity index is 450. The fourth-order valence-electron chi connectivity index (χ4n) is 2.87. The Balaban J connectivity index is -0.00000364. The molecule has 0 saturated heterocycles. The summed E-state index contributed by atoms with van der Waals surface area (Å²) in [5, 5.41) is 21.7. The Morgan fingerprint density at radius 3 is 1.73 bits per heavy atom. The van der Waals surface area contributed by atoms with Crippen LogP contribution in [0.4, 0.5) is 0 Å². The van der Waals surface area contributed by atoms with Gasteiger partial charge in [0, 0.05) is 6.42 Å². The fraction of sp³-hybridized carbons (Fsp3) is 0.750. The van der Waals surface area contributed by atoms with Crippen molar-refractivity contribution in [3.05, 3.63) is 24.3 Å². The van der Waals surface area contributed by atoms with Gasteiger partial charge in [0.1, 0.15) is 0 Å². The first-order chi connectivity index (χ1) is 13.5. The molecule has 0 spiro atoms. The second kappa shape index (κ2) is 26.4. The summed E-state index contributed by atoms with van der Waals surface area (Å²) in [6, 6.07) is 0. The maximum atomic E-state index is 11.3. The minimum atomic E-state index is -1.26. The number of aliphatic hydroxyl groups is 1. The van der Waals surface area contributed by atoms with Crippen molar-refractivity contribution in [2.24, 2.45) is 0 Å². The Morgan fingerprint density at radius 1 is 0.833 bits per heavy atom. The average Bonchev–Trinajstić information content (AvgIpc) is 2.65. The number of carbonyl (C=O) groups is 2. The van der Waals surface area contributed by atoms with Gasteiger partial charge in [0.25, 0.3) is 0 Å². The van der Waals surface area contributed by atoms with E-state index in [4.69, 9.17) is 0 Å². The zero-order chi connectivity index (χ0) is 20.9. The summed E-state index contributed by atoms with van der Waals surface area (Å²) in [6.07, 6.45) is 23.5. The number of hydrogen-bond acceptors (Lipinski definition) is 4. The Kier molecular flexibility index (Phi) is 29.9. The molecule has 0 rings (SSSR count). The first kappa shape index (κ1) is 34.0. The molecule has 0 heterocycles. The third kappa shape index (κ3) is 29.6. The minimum Gasteiger partial charge on any atom is -0.548 e. The average molecular weight is 434 g/mol. The number of rotatable bonds is 19. The maximum absolute atomic E-state index is 11.3. The molecule has 30 heavy (non-hydrogen) atoms. The van der Waals surface area contributed by atoms with Crippen molar-refractivity contribution in [2.75, 3.05) is 6.54 Å². The monoisotopic (exact) mass is 433 g/mol. The van der Waals surface area contributed by atoms with Crippen LogP contribution in [0.5, 0.6) is 0 Å². The molecule has 6 heteroatoms. The van der Waals surface area contributed by atoms with Gasteiger partial charge in [-0.15, -0.1) is 0 Å². The molecule has 0 bridgehead atoms. The standard InChI is InChI=1S/C23H41NO4.CH4.Na/c1-21(25)18-16-14-12-10-8-6-4-2-3-5-7-9-11-13-15-17-19-22(26)24-20-23(27)28;;/h8,10-11,13,21,25H,2-7,9,12,14-20H2,1H3,(H,24,26)(H,27,28);1H4;/q;;+1/p-1/b10-8-,13-11-;;. The van der Waals surface area contributed by atoms with Crippen LogP contribution in [0.1, 0.15) is 104 Å². The predicted octanol–water partition coefficient (Wildman–Crippen LogP) is 1.45. The number of hydrogen-bond donors (Lipinski definition) is 2. The molecule has 0 aliphatic rings. The van der Waals surface area contributed by atoms with Crippen LogP contribution in [0.25, 0.3) is 0 Å². The molecular weight excluding hydrogens is 389 g/mol. The van der Waals surface area contributed by atoms with Gasteiger partial charge < -0.3 is 20.3 Å². The first-order valence-corrected chi connectivity index (χ1v) is 11.0. The zero-order valence-electron chi connectivity index (χ0n) is 18.7. The van der Waals surface area contributed by atoms with Crippen LogP contribution in [-0.4, -0.2) is 29.6 Å². The summed E-state index contributed by atoms with van der Waals surface area (Å²) >= 11 is 0. The SMILES string of the molecule is C.CC(O)CCCC/C=C\CCCCCCC/C=C\CCCC(=O)NCC(=O)[O-].[Na+]. The normalized spacial score (nSPS) is 11.8. The van der Waals surface area contributed by atoms with Crippen LogP contribution in [0.15, 0.2) is 24.3 Å². The van der Waals surface area contributed by atoms with Crippen molar-refractivity contribution in [3.8, 4) is 0 Å². The Morgan fingerprint density at radius 2 is 1.27 bits per heavy atom. The Hall–Kier alpha value is -0.620. The van der Waals surface area contributed by atoms with Gasteiger partial charge in [-0.2, -0.15) is 0 Å². The number of aliphatic hydroxyl groups excluding tert-OH is 1. The second-order valence-electron chi connectivity index (χ2n) is 7.46. The number of carboxylic acid groups (broad SMARTS) is 1. The topological polar surface area (TPSA) is 89.5 Å². The van der Waals surface area contributed by atoms with E-state index in [0.29, 0.717) is 6.42 Å². The second-order valence-corrected chi connectivity index (χ2v) is 7.46. The number of amides is 1. The Labute approximate surface area is 207 Å². The molecule has 0 fully saturated rings. The van der Waals surface area contributed by atoms with E-state index < -0.39 is 12.5 Å². The van der Waals surface area contributed by atoms with Gasteiger partial charge in [0.15, 0.2) is 0 Å². The van der Waals surface area contributed by atoms with E-state index in [-0.39, 0.29) is 49.0 Å². The third-order valence-corrected chi connectivity index (χ3v) is 4.52. The first-order valence-electron chi connectivity index (χ1n) is 11.0. The minimum absolute atomic E-state index is 0. The van der Waals surface area contributed by atoms with E-state index in [1.165, 1.54) is 44.9 Å². The summed E-state index contributed by atoms with van der Waals surface area (Å²) in [5.41, 5.74) is 0. The molecule has 0 radical (unpaired) electrons. The van der Waals surface area contributed by atoms with Gasteiger partial charge in [-0.25, -0.2) is 0 Å². The van der Waals surface area contributed by atoms with Gasteiger partial charge in [-0.1, -0.05) is 57.4 Å². The van der Waals surface area contributed by atoms with Crippen LogP contribution < -0.4 is 40.0 Å². The molecule has 5 nitrogen and oxygen atoms in total. The van der Waals surface area contributed by atoms with Gasteiger partial charge >= 0.3 is 29.6 Å². The number of carboxylic acids is 1. The summed E-state index contributed by atoms with van der Waals surface area (Å²) < 4.78 is 0. The van der Waals surface area contributed by atoms with Crippen LogP contribution in [0.3, 0.4) is 0 Å². The van der Waals surface area contributed by atoms with E-state index in [9.17, 15) is 19.8 Å². The van der Waals surface area contributed by atoms with E-state index in [2.05, 4.69) is 29.6 Å². The quantitative estimate of drug-likeness (QED) is 0.183. The number of carbonyl (C=O) groups excluding carboxylic acids is 2. The molecule has 0 saturated carbocycles. The zero-order valence-corrected chi connectivity index (χ0v) is 20.7. The molecule has 1 atom stereocenters. The number of unbranched alkanes of at least 4 members (excludes halogenated alkanes) is 9. The molecular formula is C24H44NNaO4. The molecule has 0 aliphatic heterocycles. The summed E-state index contributed by atoms with van der Waals surface area (Å²) in [4.78, 5) is 21.5. The largest absolute Gasteiger partial charge is 1.00 e. The number of aliphatic carboxylic acids is 1. The third-order valence-electron chi connectivity index (χ3n) is 4.52. The number of nitrogens with one attached hydrogen (secondary N) is 1. The van der Waals surface area contributed by atoms with Gasteiger partial charge in [-0.05, 0) is 64.7 Å². The van der Waals surface area contributed by atoms with Gasteiger partial charge in [0.05, 0.1) is 18.6 Å². The van der Waals surface area contributed by atoms with Crippen molar-refractivity contribution in [1.29, 1.82) is 0 Å². The van der Waals surface area contributed by atoms with Crippen molar-refractivity contribution in [3.63, 3.8) is 0 Å². The molecule has 0 aromatic carbocycles. The summed E-state index contributed by atoms with van der Waals surface area (Å²) in [6.45, 7) is 1.44. The van der Waals surface area contributed by atoms with Crippen molar-refractivity contribution in [2.45, 2.75) is 110 Å². The summed E-state index contributed by atoms with van der Waals surface area (Å²) in [5.74, 6) is -1.49. The maximum Gasteiger partial charge on any atom is 1.00 e. The fourth-order valence-corrected chi connectivity index (χ4v) is 2.87. The molecule has 170 valence electrons. The van der Waals surface area contributed by atoms with Crippen LogP contribution >= 0.6 is 0 Å². The van der Waals surface area contributed by atoms with E-state index in [0.717, 1.165) is 38.5 Å². The van der Waals surface area contributed by atoms with Crippen molar-refractivity contribution in [1.82, 2.24) is 5.32 Å². The van der Waals surface area contributed by atoms with E-state index in [1.54, 1.807) is 0 Å². The van der Waals surface area contributed by atoms with Gasteiger partial charge in [0.2, 0.25) is 5.91 Å². The molecule has 0 aromatic heterocycles. The van der Waals surface area contributed by atoms with Gasteiger partial charge in [-0.3, -0.25) is 4.79 Å². The van der Waals surface area contributed by atoms with Crippen LogP contribution in [0.2, 0.25) is 0 Å². The smallest absolute Gasteiger partial charge is 0.548 e. The van der Waals surface area contributed by atoms with Crippen molar-refractivity contribution >= 4 is 11.9 Å². The van der Waals surface area contributed by atoms with Crippen molar-refractivity contribution < 1.29 is 49.4 Å². The van der Waals surface area contributed by atoms with Crippen LogP contribution in [-0.2, 0) is 9.59 Å². The molecule has 1 unspecified atom stereocenters. The molecule has 1 amide bonds. The molecule has 0 aromatic rings. The predicted molar refractivity (Wildman–Crippen MR) is 119 cm³/mol. The van der Waals surface area contributed by atoms with Crippen LogP contribution in [0, 0.1) is 0 Å². The molecule has 2 N–H and O–H groups in total.